The van der Waals surface area contributed by atoms with Gasteiger partial charge in [-0.3, -0.25) is 0 Å². The summed E-state index contributed by atoms with van der Waals surface area (Å²) in [5.41, 5.74) is 5.84. The summed E-state index contributed by atoms with van der Waals surface area (Å²) in [5.74, 6) is 0.529. The van der Waals surface area contributed by atoms with Crippen molar-refractivity contribution < 1.29 is 4.74 Å². The molecule has 0 aliphatic carbocycles. The van der Waals surface area contributed by atoms with Crippen molar-refractivity contribution in [2.75, 3.05) is 6.61 Å². The average Bonchev–Trinajstić information content (AvgIpc) is 2.27. The monoisotopic (exact) mass is 306 g/mol. The molecule has 1 aromatic rings. The highest BCUT2D eigenvalue weighted by molar-refractivity contribution is 9.10. The maximum atomic E-state index is 6.13. The van der Waals surface area contributed by atoms with Crippen molar-refractivity contribution in [1.82, 2.24) is 4.98 Å². The largest absolute Gasteiger partial charge is 0.475 e. The van der Waals surface area contributed by atoms with Gasteiger partial charge in [-0.2, -0.15) is 0 Å². The van der Waals surface area contributed by atoms with Crippen LogP contribution in [0.2, 0.25) is 5.02 Å². The lowest BCUT2D eigenvalue weighted by Gasteiger charge is -2.26. The fourth-order valence-electron chi connectivity index (χ4n) is 1.17. The second-order valence-corrected chi connectivity index (χ2v) is 5.09. The number of halogens is 2. The van der Waals surface area contributed by atoms with E-state index in [0.717, 1.165) is 17.3 Å². The normalized spacial score (nSPS) is 11.6. The Labute approximate surface area is 109 Å². The maximum Gasteiger partial charge on any atom is 0.228 e. The zero-order valence-electron chi connectivity index (χ0n) is 9.46. The molecule has 90 valence electrons. The van der Waals surface area contributed by atoms with Crippen molar-refractivity contribution in [3.05, 3.63) is 21.8 Å². The number of nitrogens with zero attached hydrogens (tertiary/aromatic N) is 1. The molecule has 2 N–H and O–H groups in total. The van der Waals surface area contributed by atoms with Crippen LogP contribution in [0.25, 0.3) is 0 Å². The highest BCUT2D eigenvalue weighted by atomic mass is 79.9. The molecule has 3 nitrogen and oxygen atoms in total. The Bertz CT molecular complexity index is 356. The van der Waals surface area contributed by atoms with Crippen LogP contribution in [0.4, 0.5) is 0 Å². The van der Waals surface area contributed by atoms with Crippen LogP contribution in [-0.4, -0.2) is 17.1 Å². The Morgan fingerprint density at radius 3 is 2.62 bits per heavy atom. The third-order valence-corrected chi connectivity index (χ3v) is 3.45. The summed E-state index contributed by atoms with van der Waals surface area (Å²) in [7, 11) is 0. The van der Waals surface area contributed by atoms with E-state index >= 15 is 0 Å². The van der Waals surface area contributed by atoms with Crippen LogP contribution in [0, 0.1) is 0 Å². The lowest BCUT2D eigenvalue weighted by molar-refractivity contribution is 0.199. The van der Waals surface area contributed by atoms with Crippen molar-refractivity contribution in [1.29, 1.82) is 0 Å². The van der Waals surface area contributed by atoms with Crippen molar-refractivity contribution in [2.45, 2.75) is 32.2 Å². The summed E-state index contributed by atoms with van der Waals surface area (Å²) >= 11 is 9.13. The first-order valence-electron chi connectivity index (χ1n) is 5.23. The Morgan fingerprint density at radius 2 is 2.12 bits per heavy atom. The second-order valence-electron chi connectivity index (χ2n) is 3.80. The SMILES string of the molecule is CCC(N)(CC)COc1ncc(Cl)cc1Br. The van der Waals surface area contributed by atoms with Gasteiger partial charge in [0.25, 0.3) is 0 Å². The van der Waals surface area contributed by atoms with Gasteiger partial charge in [0.05, 0.1) is 9.50 Å². The van der Waals surface area contributed by atoms with Gasteiger partial charge in [-0.05, 0) is 34.8 Å². The fraction of sp³-hybridized carbons (Fsp3) is 0.545. The summed E-state index contributed by atoms with van der Waals surface area (Å²) in [4.78, 5) is 4.09. The quantitative estimate of drug-likeness (QED) is 0.907. The van der Waals surface area contributed by atoms with E-state index in [1.165, 1.54) is 0 Å². The summed E-state index contributed by atoms with van der Waals surface area (Å²) in [6.07, 6.45) is 3.29. The third kappa shape index (κ3) is 3.61. The number of nitrogens with two attached hydrogens (primary N) is 1. The smallest absolute Gasteiger partial charge is 0.228 e. The minimum atomic E-state index is -0.291. The van der Waals surface area contributed by atoms with Crippen molar-refractivity contribution >= 4 is 27.5 Å². The van der Waals surface area contributed by atoms with Gasteiger partial charge in [-0.15, -0.1) is 0 Å². The molecule has 0 saturated carbocycles. The van der Waals surface area contributed by atoms with Crippen molar-refractivity contribution in [2.24, 2.45) is 5.73 Å². The fourth-order valence-corrected chi connectivity index (χ4v) is 1.93. The summed E-state index contributed by atoms with van der Waals surface area (Å²) in [6.45, 7) is 4.56. The molecule has 0 saturated heterocycles. The number of pyridine rings is 1. The highest BCUT2D eigenvalue weighted by Crippen LogP contribution is 2.26. The molecule has 0 radical (unpaired) electrons. The van der Waals surface area contributed by atoms with Gasteiger partial charge in [0.15, 0.2) is 0 Å². The molecule has 1 heterocycles. The molecular formula is C11H16BrClN2O. The van der Waals surface area contributed by atoms with Crippen molar-refractivity contribution in [3.8, 4) is 5.88 Å². The zero-order chi connectivity index (χ0) is 12.2. The van der Waals surface area contributed by atoms with E-state index in [1.54, 1.807) is 12.3 Å². The molecule has 1 rings (SSSR count). The van der Waals surface area contributed by atoms with Crippen LogP contribution in [0.1, 0.15) is 26.7 Å². The predicted molar refractivity (Wildman–Crippen MR) is 69.9 cm³/mol. The van der Waals surface area contributed by atoms with E-state index in [4.69, 9.17) is 22.1 Å². The zero-order valence-corrected chi connectivity index (χ0v) is 11.8. The molecule has 16 heavy (non-hydrogen) atoms. The molecule has 0 spiro atoms. The molecule has 0 bridgehead atoms. The van der Waals surface area contributed by atoms with Gasteiger partial charge < -0.3 is 10.5 Å². The van der Waals surface area contributed by atoms with Gasteiger partial charge in [0.2, 0.25) is 5.88 Å². The van der Waals surface area contributed by atoms with E-state index in [1.807, 2.05) is 0 Å². The molecule has 0 unspecified atom stereocenters. The first-order chi connectivity index (χ1) is 7.50. The molecule has 0 aliphatic rings. The Hall–Kier alpha value is -0.320. The molecule has 0 fully saturated rings. The van der Waals surface area contributed by atoms with Crippen LogP contribution >= 0.6 is 27.5 Å². The molecule has 0 atom stereocenters. The number of rotatable bonds is 5. The van der Waals surface area contributed by atoms with Crippen LogP contribution in [0.5, 0.6) is 5.88 Å². The summed E-state index contributed by atoms with van der Waals surface area (Å²) in [6, 6.07) is 1.75. The van der Waals surface area contributed by atoms with Crippen LogP contribution < -0.4 is 10.5 Å². The van der Waals surface area contributed by atoms with E-state index in [0.29, 0.717) is 17.5 Å². The number of hydrogen-bond donors (Lipinski definition) is 1. The Morgan fingerprint density at radius 1 is 1.50 bits per heavy atom. The molecule has 1 aromatic heterocycles. The number of aromatic nitrogens is 1. The van der Waals surface area contributed by atoms with Crippen LogP contribution in [0.3, 0.4) is 0 Å². The van der Waals surface area contributed by atoms with Gasteiger partial charge in [-0.25, -0.2) is 4.98 Å². The van der Waals surface area contributed by atoms with E-state index in [9.17, 15) is 0 Å². The van der Waals surface area contributed by atoms with Gasteiger partial charge in [-0.1, -0.05) is 25.4 Å². The third-order valence-electron chi connectivity index (χ3n) is 2.68. The lowest BCUT2D eigenvalue weighted by Crippen LogP contribution is -2.44. The molecule has 5 heteroatoms. The Balaban J connectivity index is 2.67. The summed E-state index contributed by atoms with van der Waals surface area (Å²) in [5, 5.41) is 0.573. The number of hydrogen-bond acceptors (Lipinski definition) is 3. The standard InChI is InChI=1S/C11H16BrClN2O/c1-3-11(14,4-2)7-16-10-9(12)5-8(13)6-15-10/h5-6H,3-4,7,14H2,1-2H3. The highest BCUT2D eigenvalue weighted by Gasteiger charge is 2.21. The molecular weight excluding hydrogens is 291 g/mol. The summed E-state index contributed by atoms with van der Waals surface area (Å²) < 4.78 is 6.34. The maximum absolute atomic E-state index is 6.13. The topological polar surface area (TPSA) is 48.1 Å². The van der Waals surface area contributed by atoms with E-state index in [-0.39, 0.29) is 5.54 Å². The van der Waals surface area contributed by atoms with Crippen molar-refractivity contribution in [3.63, 3.8) is 0 Å². The second kappa shape index (κ2) is 5.84. The van der Waals surface area contributed by atoms with E-state index < -0.39 is 0 Å². The minimum Gasteiger partial charge on any atom is -0.475 e. The molecule has 0 amide bonds. The van der Waals surface area contributed by atoms with Crippen LogP contribution in [-0.2, 0) is 0 Å². The number of ether oxygens (including phenoxy) is 1. The Kier molecular flexibility index (Phi) is 5.02. The van der Waals surface area contributed by atoms with E-state index in [2.05, 4.69) is 34.8 Å². The average molecular weight is 308 g/mol. The lowest BCUT2D eigenvalue weighted by atomic mass is 9.96. The first kappa shape index (κ1) is 13.7. The van der Waals surface area contributed by atoms with Gasteiger partial charge in [0, 0.05) is 11.7 Å². The first-order valence-corrected chi connectivity index (χ1v) is 6.40. The minimum absolute atomic E-state index is 0.291. The molecule has 0 aliphatic heterocycles. The van der Waals surface area contributed by atoms with Gasteiger partial charge >= 0.3 is 0 Å². The van der Waals surface area contributed by atoms with Crippen LogP contribution in [0.15, 0.2) is 16.7 Å². The van der Waals surface area contributed by atoms with Gasteiger partial charge in [0.1, 0.15) is 6.61 Å². The predicted octanol–water partition coefficient (Wildman–Crippen LogP) is 3.39. The molecule has 0 aromatic carbocycles.